The molecule has 0 saturated carbocycles. The molecule has 0 atom stereocenters. The zero-order valence-electron chi connectivity index (χ0n) is 10.9. The Bertz CT molecular complexity index is 570. The lowest BCUT2D eigenvalue weighted by Crippen LogP contribution is -2.16. The number of hydrogen-bond acceptors (Lipinski definition) is 4. The van der Waals surface area contributed by atoms with Gasteiger partial charge in [-0.15, -0.1) is 11.3 Å². The Balaban J connectivity index is 2.21. The van der Waals surface area contributed by atoms with E-state index in [1.54, 1.807) is 16.9 Å². The number of rotatable bonds is 3. The van der Waals surface area contributed by atoms with Gasteiger partial charge in [0.05, 0.1) is 16.9 Å². The number of amides is 1. The first-order chi connectivity index (χ1) is 8.49. The van der Waals surface area contributed by atoms with Crippen LogP contribution in [-0.4, -0.2) is 20.7 Å². The van der Waals surface area contributed by atoms with Crippen LogP contribution in [0.4, 0.5) is 5.82 Å². The van der Waals surface area contributed by atoms with E-state index in [1.807, 2.05) is 27.7 Å². The highest BCUT2D eigenvalue weighted by Gasteiger charge is 2.16. The third kappa shape index (κ3) is 2.43. The summed E-state index contributed by atoms with van der Waals surface area (Å²) in [6, 6.07) is 2.00. The van der Waals surface area contributed by atoms with Gasteiger partial charge in [0.15, 0.2) is 0 Å². The first-order valence-electron chi connectivity index (χ1n) is 5.78. The Morgan fingerprint density at radius 3 is 2.72 bits per heavy atom. The van der Waals surface area contributed by atoms with E-state index in [-0.39, 0.29) is 11.9 Å². The number of hydrogen-bond donors (Lipinski definition) is 1. The number of carbonyl (C=O) groups is 1. The van der Waals surface area contributed by atoms with Crippen molar-refractivity contribution in [3.63, 3.8) is 0 Å². The summed E-state index contributed by atoms with van der Waals surface area (Å²) in [6.45, 7) is 7.78. The molecule has 5 nitrogen and oxygen atoms in total. The zero-order valence-corrected chi connectivity index (χ0v) is 11.7. The van der Waals surface area contributed by atoms with Gasteiger partial charge in [0.2, 0.25) is 0 Å². The fraction of sp³-hybridized carbons (Fsp3) is 0.417. The Kier molecular flexibility index (Phi) is 3.47. The molecule has 0 saturated heterocycles. The minimum absolute atomic E-state index is 0.125. The summed E-state index contributed by atoms with van der Waals surface area (Å²) in [5.74, 6) is 0.584. The number of nitrogens with one attached hydrogen (secondary N) is 1. The van der Waals surface area contributed by atoms with E-state index in [9.17, 15) is 4.79 Å². The molecule has 18 heavy (non-hydrogen) atoms. The van der Waals surface area contributed by atoms with Gasteiger partial charge < -0.3 is 5.32 Å². The molecule has 0 radical (unpaired) electrons. The average molecular weight is 264 g/mol. The van der Waals surface area contributed by atoms with E-state index in [4.69, 9.17) is 0 Å². The molecule has 0 aromatic carbocycles. The third-order valence-corrected chi connectivity index (χ3v) is 3.58. The van der Waals surface area contributed by atoms with Gasteiger partial charge in [0.1, 0.15) is 10.7 Å². The Morgan fingerprint density at radius 1 is 1.44 bits per heavy atom. The summed E-state index contributed by atoms with van der Waals surface area (Å²) in [5, 5.41) is 7.95. The SMILES string of the molecule is Cc1nc(C)c(C(=O)Nc2ccnn2C(C)C)s1. The highest BCUT2D eigenvalue weighted by Crippen LogP contribution is 2.20. The normalized spacial score (nSPS) is 10.9. The van der Waals surface area contributed by atoms with Crippen molar-refractivity contribution in [3.8, 4) is 0 Å². The first kappa shape index (κ1) is 12.8. The number of anilines is 1. The van der Waals surface area contributed by atoms with Crippen molar-refractivity contribution in [1.29, 1.82) is 0 Å². The Hall–Kier alpha value is -1.69. The summed E-state index contributed by atoms with van der Waals surface area (Å²) in [5.41, 5.74) is 0.769. The van der Waals surface area contributed by atoms with E-state index < -0.39 is 0 Å². The highest BCUT2D eigenvalue weighted by atomic mass is 32.1. The van der Waals surface area contributed by atoms with Crippen molar-refractivity contribution in [2.45, 2.75) is 33.7 Å². The van der Waals surface area contributed by atoms with Crippen molar-refractivity contribution in [2.75, 3.05) is 5.32 Å². The number of aromatic nitrogens is 3. The van der Waals surface area contributed by atoms with Crippen LogP contribution >= 0.6 is 11.3 Å². The van der Waals surface area contributed by atoms with E-state index in [2.05, 4.69) is 15.4 Å². The lowest BCUT2D eigenvalue weighted by Gasteiger charge is -2.11. The second-order valence-electron chi connectivity index (χ2n) is 4.36. The molecule has 2 aromatic rings. The maximum atomic E-state index is 12.1. The minimum atomic E-state index is -0.125. The topological polar surface area (TPSA) is 59.8 Å². The molecule has 6 heteroatoms. The van der Waals surface area contributed by atoms with Gasteiger partial charge in [-0.2, -0.15) is 5.10 Å². The quantitative estimate of drug-likeness (QED) is 0.927. The second-order valence-corrected chi connectivity index (χ2v) is 5.56. The van der Waals surface area contributed by atoms with Crippen LogP contribution in [0.1, 0.15) is 40.3 Å². The van der Waals surface area contributed by atoms with Gasteiger partial charge in [-0.3, -0.25) is 4.79 Å². The smallest absolute Gasteiger partial charge is 0.268 e. The standard InChI is InChI=1S/C12H16N4OS/c1-7(2)16-10(5-6-13-16)15-12(17)11-8(3)14-9(4)18-11/h5-7H,1-4H3,(H,15,17). The molecular weight excluding hydrogens is 248 g/mol. The van der Waals surface area contributed by atoms with E-state index >= 15 is 0 Å². The van der Waals surface area contributed by atoms with Crippen LogP contribution in [0.25, 0.3) is 0 Å². The molecule has 0 fully saturated rings. The molecule has 0 aliphatic heterocycles. The van der Waals surface area contributed by atoms with Crippen LogP contribution in [0.15, 0.2) is 12.3 Å². The molecule has 2 rings (SSSR count). The molecule has 0 aliphatic carbocycles. The predicted molar refractivity (Wildman–Crippen MR) is 72.2 cm³/mol. The largest absolute Gasteiger partial charge is 0.306 e. The molecular formula is C12H16N4OS. The monoisotopic (exact) mass is 264 g/mol. The maximum Gasteiger partial charge on any atom is 0.268 e. The summed E-state index contributed by atoms with van der Waals surface area (Å²) >= 11 is 1.41. The van der Waals surface area contributed by atoms with Crippen LogP contribution in [0, 0.1) is 13.8 Å². The number of aryl methyl sites for hydroxylation is 2. The zero-order chi connectivity index (χ0) is 13.3. The number of thiazole rings is 1. The van der Waals surface area contributed by atoms with Gasteiger partial charge in [-0.1, -0.05) is 0 Å². The van der Waals surface area contributed by atoms with Gasteiger partial charge in [-0.25, -0.2) is 9.67 Å². The molecule has 2 heterocycles. The van der Waals surface area contributed by atoms with Crippen molar-refractivity contribution in [1.82, 2.24) is 14.8 Å². The Labute approximate surface area is 110 Å². The maximum absolute atomic E-state index is 12.1. The predicted octanol–water partition coefficient (Wildman–Crippen LogP) is 2.79. The van der Waals surface area contributed by atoms with E-state index in [1.165, 1.54) is 11.3 Å². The van der Waals surface area contributed by atoms with Gasteiger partial charge in [-0.05, 0) is 27.7 Å². The van der Waals surface area contributed by atoms with Crippen LogP contribution < -0.4 is 5.32 Å². The second kappa shape index (κ2) is 4.89. The van der Waals surface area contributed by atoms with Crippen molar-refractivity contribution in [3.05, 3.63) is 27.8 Å². The number of carbonyl (C=O) groups excluding carboxylic acids is 1. The molecule has 1 amide bonds. The fourth-order valence-corrected chi connectivity index (χ4v) is 2.55. The summed E-state index contributed by atoms with van der Waals surface area (Å²) in [7, 11) is 0. The van der Waals surface area contributed by atoms with Crippen molar-refractivity contribution in [2.24, 2.45) is 0 Å². The van der Waals surface area contributed by atoms with Crippen LogP contribution in [0.2, 0.25) is 0 Å². The molecule has 0 aliphatic rings. The lowest BCUT2D eigenvalue weighted by atomic mass is 10.3. The van der Waals surface area contributed by atoms with Crippen LogP contribution in [0.3, 0.4) is 0 Å². The van der Waals surface area contributed by atoms with E-state index in [0.717, 1.165) is 10.7 Å². The van der Waals surface area contributed by atoms with E-state index in [0.29, 0.717) is 10.7 Å². The number of nitrogens with zero attached hydrogens (tertiary/aromatic N) is 3. The summed E-state index contributed by atoms with van der Waals surface area (Å²) in [4.78, 5) is 17.0. The molecule has 1 N–H and O–H groups in total. The first-order valence-corrected chi connectivity index (χ1v) is 6.59. The lowest BCUT2D eigenvalue weighted by molar-refractivity contribution is 0.102. The average Bonchev–Trinajstić information content (AvgIpc) is 2.85. The van der Waals surface area contributed by atoms with Gasteiger partial charge in [0.25, 0.3) is 5.91 Å². The minimum Gasteiger partial charge on any atom is -0.306 e. The molecule has 96 valence electrons. The molecule has 0 unspecified atom stereocenters. The van der Waals surface area contributed by atoms with Gasteiger partial charge in [0, 0.05) is 12.1 Å². The van der Waals surface area contributed by atoms with Crippen molar-refractivity contribution >= 4 is 23.1 Å². The fourth-order valence-electron chi connectivity index (χ4n) is 1.74. The summed E-state index contributed by atoms with van der Waals surface area (Å²) in [6.07, 6.45) is 1.68. The third-order valence-electron chi connectivity index (χ3n) is 2.51. The molecule has 0 bridgehead atoms. The van der Waals surface area contributed by atoms with Crippen LogP contribution in [-0.2, 0) is 0 Å². The highest BCUT2D eigenvalue weighted by molar-refractivity contribution is 7.13. The molecule has 0 spiro atoms. The molecule has 2 aromatic heterocycles. The Morgan fingerprint density at radius 2 is 2.17 bits per heavy atom. The van der Waals surface area contributed by atoms with Crippen molar-refractivity contribution < 1.29 is 4.79 Å². The summed E-state index contributed by atoms with van der Waals surface area (Å²) < 4.78 is 1.78. The van der Waals surface area contributed by atoms with Gasteiger partial charge >= 0.3 is 0 Å². The van der Waals surface area contributed by atoms with Crippen LogP contribution in [0.5, 0.6) is 0 Å².